The molecule has 9 aromatic carbocycles. The molecule has 264 valence electrons. The maximum Gasteiger partial charge on any atom is 0.0562 e. The Bertz CT molecular complexity index is 2850. The number of benzene rings is 9. The highest BCUT2D eigenvalue weighted by Gasteiger charge is 2.20. The van der Waals surface area contributed by atoms with Gasteiger partial charge in [-0.2, -0.15) is 0 Å². The van der Waals surface area contributed by atoms with Gasteiger partial charge in [-0.05, 0) is 99.1 Å². The Morgan fingerprint density at radius 1 is 0.286 bits per heavy atom. The lowest BCUT2D eigenvalue weighted by molar-refractivity contribution is 1.18. The number of hydrogen-bond acceptors (Lipinski definition) is 1. The van der Waals surface area contributed by atoms with Crippen LogP contribution in [0.2, 0.25) is 0 Å². The molecule has 0 fully saturated rings. The van der Waals surface area contributed by atoms with Crippen LogP contribution >= 0.6 is 0 Å². The van der Waals surface area contributed by atoms with Crippen LogP contribution in [-0.2, 0) is 0 Å². The van der Waals surface area contributed by atoms with Gasteiger partial charge in [0.2, 0.25) is 0 Å². The highest BCUT2D eigenvalue weighted by molar-refractivity contribution is 6.16. The monoisotopic (exact) mass is 714 g/mol. The topological polar surface area (TPSA) is 8.17 Å². The van der Waals surface area contributed by atoms with Gasteiger partial charge in [-0.3, -0.25) is 0 Å². The number of fused-ring (bicyclic) bond motifs is 3. The molecule has 10 rings (SSSR count). The molecule has 0 bridgehead atoms. The van der Waals surface area contributed by atoms with Gasteiger partial charge in [0.05, 0.1) is 11.0 Å². The van der Waals surface area contributed by atoms with Crippen LogP contribution in [0, 0.1) is 0 Å². The molecule has 10 aromatic rings. The van der Waals surface area contributed by atoms with Crippen molar-refractivity contribution in [3.8, 4) is 50.2 Å². The van der Waals surface area contributed by atoms with E-state index < -0.39 is 0 Å². The van der Waals surface area contributed by atoms with E-state index in [1.54, 1.807) is 0 Å². The fraction of sp³-hybridized carbons (Fsp3) is 0. The fourth-order valence-corrected chi connectivity index (χ4v) is 8.12. The van der Waals surface area contributed by atoms with Crippen molar-refractivity contribution < 1.29 is 0 Å². The van der Waals surface area contributed by atoms with Gasteiger partial charge >= 0.3 is 0 Å². The molecule has 0 radical (unpaired) electrons. The van der Waals surface area contributed by atoms with Gasteiger partial charge in [0, 0.05) is 33.5 Å². The number of anilines is 3. The fourth-order valence-electron chi connectivity index (χ4n) is 8.12. The Kier molecular flexibility index (Phi) is 8.55. The van der Waals surface area contributed by atoms with Crippen molar-refractivity contribution in [3.05, 3.63) is 231 Å². The Balaban J connectivity index is 1.19. The van der Waals surface area contributed by atoms with E-state index in [9.17, 15) is 0 Å². The van der Waals surface area contributed by atoms with E-state index in [0.29, 0.717) is 0 Å². The molecule has 56 heavy (non-hydrogen) atoms. The van der Waals surface area contributed by atoms with Crippen LogP contribution in [0.5, 0.6) is 0 Å². The summed E-state index contributed by atoms with van der Waals surface area (Å²) in [5, 5.41) is 2.46. The smallest absolute Gasteiger partial charge is 0.0562 e. The number of para-hydroxylation sites is 1. The minimum atomic E-state index is 1.08. The number of aromatic nitrogens is 1. The largest absolute Gasteiger partial charge is 0.310 e. The third-order valence-corrected chi connectivity index (χ3v) is 10.8. The molecule has 0 aliphatic rings. The molecule has 0 atom stereocenters. The Morgan fingerprint density at radius 3 is 1.30 bits per heavy atom. The summed E-state index contributed by atoms with van der Waals surface area (Å²) in [5.74, 6) is 0. The second kappa shape index (κ2) is 14.4. The normalized spacial score (nSPS) is 11.2. The third-order valence-electron chi connectivity index (χ3n) is 10.8. The summed E-state index contributed by atoms with van der Waals surface area (Å²) in [7, 11) is 0. The lowest BCUT2D eigenvalue weighted by Gasteiger charge is -2.27. The molecule has 0 saturated carbocycles. The van der Waals surface area contributed by atoms with Gasteiger partial charge in [0.15, 0.2) is 0 Å². The van der Waals surface area contributed by atoms with E-state index in [1.165, 1.54) is 60.8 Å². The molecule has 2 nitrogen and oxygen atoms in total. The Hall–Kier alpha value is -7.42. The average molecular weight is 715 g/mol. The lowest BCUT2D eigenvalue weighted by atomic mass is 9.97. The van der Waals surface area contributed by atoms with Crippen molar-refractivity contribution in [2.24, 2.45) is 0 Å². The Morgan fingerprint density at radius 2 is 0.732 bits per heavy atom. The van der Waals surface area contributed by atoms with E-state index >= 15 is 0 Å². The molecule has 0 N–H and O–H groups in total. The van der Waals surface area contributed by atoms with Crippen molar-refractivity contribution in [1.82, 2.24) is 4.57 Å². The van der Waals surface area contributed by atoms with Gasteiger partial charge in [-0.1, -0.05) is 176 Å². The SMILES string of the molecule is c1ccc(-c2ccc(-c3cccc4c3c3ccc(N(c5cccc(-c6ccccc6)c5)c5cccc(-c6ccccc6)c5)cc3n4-c3ccccc3)cc2)cc1. The number of hydrogen-bond donors (Lipinski definition) is 0. The summed E-state index contributed by atoms with van der Waals surface area (Å²) in [4.78, 5) is 2.40. The molecule has 0 aliphatic heterocycles. The number of nitrogens with zero attached hydrogens (tertiary/aromatic N) is 2. The van der Waals surface area contributed by atoms with Gasteiger partial charge in [-0.25, -0.2) is 0 Å². The van der Waals surface area contributed by atoms with Crippen LogP contribution in [0.15, 0.2) is 231 Å². The van der Waals surface area contributed by atoms with Crippen molar-refractivity contribution in [2.75, 3.05) is 4.90 Å². The van der Waals surface area contributed by atoms with Crippen LogP contribution in [-0.4, -0.2) is 4.57 Å². The first-order valence-corrected chi connectivity index (χ1v) is 19.2. The molecule has 2 heteroatoms. The molecular weight excluding hydrogens is 677 g/mol. The molecule has 0 amide bonds. The molecule has 1 heterocycles. The molecule has 0 aliphatic carbocycles. The van der Waals surface area contributed by atoms with Gasteiger partial charge < -0.3 is 9.47 Å². The molecule has 0 saturated heterocycles. The van der Waals surface area contributed by atoms with E-state index in [0.717, 1.165) is 28.3 Å². The van der Waals surface area contributed by atoms with Crippen LogP contribution in [0.25, 0.3) is 72.0 Å². The first-order valence-electron chi connectivity index (χ1n) is 19.2. The summed E-state index contributed by atoms with van der Waals surface area (Å²) in [5.41, 5.74) is 16.3. The minimum Gasteiger partial charge on any atom is -0.310 e. The first kappa shape index (κ1) is 33.2. The summed E-state index contributed by atoms with van der Waals surface area (Å²) < 4.78 is 2.43. The van der Waals surface area contributed by atoms with E-state index in [4.69, 9.17) is 0 Å². The van der Waals surface area contributed by atoms with Crippen LogP contribution in [0.3, 0.4) is 0 Å². The maximum atomic E-state index is 2.43. The molecule has 1 aromatic heterocycles. The van der Waals surface area contributed by atoms with E-state index in [-0.39, 0.29) is 0 Å². The number of rotatable bonds is 8. The minimum absolute atomic E-state index is 1.08. The van der Waals surface area contributed by atoms with E-state index in [1.807, 2.05) is 0 Å². The van der Waals surface area contributed by atoms with Gasteiger partial charge in [0.1, 0.15) is 0 Å². The van der Waals surface area contributed by atoms with Crippen molar-refractivity contribution >= 4 is 38.9 Å². The van der Waals surface area contributed by atoms with Crippen molar-refractivity contribution in [2.45, 2.75) is 0 Å². The Labute approximate surface area is 327 Å². The van der Waals surface area contributed by atoms with Gasteiger partial charge in [-0.15, -0.1) is 0 Å². The molecule has 0 unspecified atom stereocenters. The van der Waals surface area contributed by atoms with Crippen molar-refractivity contribution in [1.29, 1.82) is 0 Å². The summed E-state index contributed by atoms with van der Waals surface area (Å²) in [6.07, 6.45) is 0. The highest BCUT2D eigenvalue weighted by atomic mass is 15.1. The quantitative estimate of drug-likeness (QED) is 0.152. The van der Waals surface area contributed by atoms with Crippen LogP contribution < -0.4 is 4.90 Å². The van der Waals surface area contributed by atoms with Crippen molar-refractivity contribution in [3.63, 3.8) is 0 Å². The standard InChI is InChI=1S/C54H38N2/c1-5-16-39(17-6-1)42-30-32-43(33-31-42)50-28-15-29-52-54(50)51-35-34-49(38-53(51)56(52)46-24-11-4-12-25-46)55(47-26-13-22-44(36-47)40-18-7-2-8-19-40)48-27-14-23-45(37-48)41-20-9-3-10-21-41/h1-38H. The summed E-state index contributed by atoms with van der Waals surface area (Å²) in [6, 6.07) is 83.1. The van der Waals surface area contributed by atoms with Crippen LogP contribution in [0.1, 0.15) is 0 Å². The second-order valence-corrected chi connectivity index (χ2v) is 14.2. The molecular formula is C54H38N2. The summed E-state index contributed by atoms with van der Waals surface area (Å²) in [6.45, 7) is 0. The van der Waals surface area contributed by atoms with Gasteiger partial charge in [0.25, 0.3) is 0 Å². The lowest BCUT2D eigenvalue weighted by Crippen LogP contribution is -2.10. The zero-order chi connectivity index (χ0) is 37.3. The summed E-state index contributed by atoms with van der Waals surface area (Å²) >= 11 is 0. The highest BCUT2D eigenvalue weighted by Crippen LogP contribution is 2.43. The maximum absolute atomic E-state index is 2.43. The predicted molar refractivity (Wildman–Crippen MR) is 237 cm³/mol. The van der Waals surface area contributed by atoms with Crippen LogP contribution in [0.4, 0.5) is 17.1 Å². The zero-order valence-electron chi connectivity index (χ0n) is 30.8. The first-order chi connectivity index (χ1) is 27.8. The predicted octanol–water partition coefficient (Wildman–Crippen LogP) is 14.9. The van der Waals surface area contributed by atoms with E-state index in [2.05, 4.69) is 240 Å². The molecule has 0 spiro atoms. The second-order valence-electron chi connectivity index (χ2n) is 14.2. The third kappa shape index (κ3) is 6.14. The zero-order valence-corrected chi connectivity index (χ0v) is 30.8. The average Bonchev–Trinajstić information content (AvgIpc) is 3.62.